The predicted molar refractivity (Wildman–Crippen MR) is 96.5 cm³/mol. The number of methoxy groups -OCH3 is 1. The highest BCUT2D eigenvalue weighted by Gasteiger charge is 2.22. The molecule has 0 bridgehead atoms. The highest BCUT2D eigenvalue weighted by Crippen LogP contribution is 2.22. The van der Waals surface area contributed by atoms with E-state index in [0.29, 0.717) is 5.92 Å². The zero-order valence-electron chi connectivity index (χ0n) is 14.8. The number of hydrogen-bond donors (Lipinski definition) is 2. The summed E-state index contributed by atoms with van der Waals surface area (Å²) in [5.74, 6) is 0.552. The molecule has 1 aromatic heterocycles. The fourth-order valence-corrected chi connectivity index (χ4v) is 3.44. The minimum Gasteiger partial charge on any atom is -0.383 e. The van der Waals surface area contributed by atoms with E-state index in [1.54, 1.807) is 7.11 Å². The summed E-state index contributed by atoms with van der Waals surface area (Å²) in [4.78, 5) is 18.2. The largest absolute Gasteiger partial charge is 0.383 e. The third-order valence-corrected chi connectivity index (χ3v) is 5.10. The number of fused-ring (bicyclic) bond motifs is 1. The fraction of sp³-hybridized carbons (Fsp3) is 0.526. The molecular weight excluding hydrogens is 302 g/mol. The zero-order valence-corrected chi connectivity index (χ0v) is 14.8. The van der Waals surface area contributed by atoms with Gasteiger partial charge in [-0.1, -0.05) is 0 Å². The second-order valence-electron chi connectivity index (χ2n) is 6.79. The fourth-order valence-electron chi connectivity index (χ4n) is 3.44. The monoisotopic (exact) mass is 329 g/mol. The first-order valence-electron chi connectivity index (χ1n) is 8.67. The SMILES string of the molecule is COCCN1CC[C@@H](CNC(=O)c2ccc3[nH]c(C)c(C)c3c2)C1. The van der Waals surface area contributed by atoms with Gasteiger partial charge in [0.15, 0.2) is 0 Å². The first-order valence-corrected chi connectivity index (χ1v) is 8.67. The molecule has 0 radical (unpaired) electrons. The number of aromatic amines is 1. The number of rotatable bonds is 6. The lowest BCUT2D eigenvalue weighted by molar-refractivity contribution is 0.0947. The van der Waals surface area contributed by atoms with Gasteiger partial charge in [0.2, 0.25) is 0 Å². The Bertz CT molecular complexity index is 723. The van der Waals surface area contributed by atoms with Crippen LogP contribution < -0.4 is 5.32 Å². The topological polar surface area (TPSA) is 57.4 Å². The van der Waals surface area contributed by atoms with Gasteiger partial charge in [0.05, 0.1) is 6.61 Å². The molecule has 24 heavy (non-hydrogen) atoms. The van der Waals surface area contributed by atoms with Crippen molar-refractivity contribution in [3.8, 4) is 0 Å². The number of amides is 1. The van der Waals surface area contributed by atoms with Gasteiger partial charge in [0.25, 0.3) is 5.91 Å². The van der Waals surface area contributed by atoms with Gasteiger partial charge in [0, 0.05) is 48.9 Å². The van der Waals surface area contributed by atoms with Gasteiger partial charge >= 0.3 is 0 Å². The number of H-pyrrole nitrogens is 1. The highest BCUT2D eigenvalue weighted by molar-refractivity contribution is 5.99. The molecule has 1 fully saturated rings. The summed E-state index contributed by atoms with van der Waals surface area (Å²) in [6, 6.07) is 5.88. The molecular formula is C19H27N3O2. The van der Waals surface area contributed by atoms with Crippen LogP contribution in [0, 0.1) is 19.8 Å². The molecule has 1 atom stereocenters. The van der Waals surface area contributed by atoms with E-state index in [0.717, 1.165) is 61.4 Å². The lowest BCUT2D eigenvalue weighted by Gasteiger charge is -2.15. The summed E-state index contributed by atoms with van der Waals surface area (Å²) in [5.41, 5.74) is 4.19. The molecule has 1 amide bonds. The van der Waals surface area contributed by atoms with Crippen LogP contribution in [-0.4, -0.2) is 55.7 Å². The summed E-state index contributed by atoms with van der Waals surface area (Å²) >= 11 is 0. The number of carbonyl (C=O) groups is 1. The standard InChI is InChI=1S/C19H27N3O2/c1-13-14(2)21-18-5-4-16(10-17(13)18)19(23)20-11-15-6-7-22(12-15)8-9-24-3/h4-5,10,15,21H,6-9,11-12H2,1-3H3,(H,20,23)/t15-/m0/s1. The predicted octanol–water partition coefficient (Wildman–Crippen LogP) is 2.48. The molecule has 1 saturated heterocycles. The molecule has 2 N–H and O–H groups in total. The van der Waals surface area contributed by atoms with Crippen LogP contribution in [0.25, 0.3) is 10.9 Å². The van der Waals surface area contributed by atoms with Crippen LogP contribution in [0.1, 0.15) is 28.0 Å². The number of nitrogens with one attached hydrogen (secondary N) is 2. The molecule has 130 valence electrons. The van der Waals surface area contributed by atoms with Crippen LogP contribution >= 0.6 is 0 Å². The molecule has 2 heterocycles. The van der Waals surface area contributed by atoms with Crippen LogP contribution in [-0.2, 0) is 4.74 Å². The van der Waals surface area contributed by atoms with Crippen molar-refractivity contribution >= 4 is 16.8 Å². The van der Waals surface area contributed by atoms with Crippen molar-refractivity contribution in [1.29, 1.82) is 0 Å². The first kappa shape index (κ1) is 17.0. The molecule has 1 aliphatic heterocycles. The van der Waals surface area contributed by atoms with E-state index in [9.17, 15) is 4.79 Å². The van der Waals surface area contributed by atoms with E-state index in [2.05, 4.69) is 29.0 Å². The number of likely N-dealkylation sites (tertiary alicyclic amines) is 1. The van der Waals surface area contributed by atoms with E-state index in [1.807, 2.05) is 18.2 Å². The summed E-state index contributed by atoms with van der Waals surface area (Å²) in [7, 11) is 1.73. The molecule has 1 aliphatic rings. The molecule has 2 aromatic rings. The van der Waals surface area contributed by atoms with Crippen LogP contribution in [0.5, 0.6) is 0 Å². The van der Waals surface area contributed by atoms with Crippen molar-refractivity contribution in [2.45, 2.75) is 20.3 Å². The molecule has 0 saturated carbocycles. The van der Waals surface area contributed by atoms with Crippen molar-refractivity contribution in [2.75, 3.05) is 39.9 Å². The number of aryl methyl sites for hydroxylation is 2. The van der Waals surface area contributed by atoms with E-state index < -0.39 is 0 Å². The Kier molecular flexibility index (Phi) is 5.21. The Morgan fingerprint density at radius 3 is 3.04 bits per heavy atom. The van der Waals surface area contributed by atoms with E-state index in [4.69, 9.17) is 4.74 Å². The summed E-state index contributed by atoms with van der Waals surface area (Å²) in [6.45, 7) is 8.77. The van der Waals surface area contributed by atoms with Gasteiger partial charge in [-0.15, -0.1) is 0 Å². The van der Waals surface area contributed by atoms with Crippen molar-refractivity contribution in [1.82, 2.24) is 15.2 Å². The lowest BCUT2D eigenvalue weighted by atomic mass is 10.1. The van der Waals surface area contributed by atoms with E-state index >= 15 is 0 Å². The van der Waals surface area contributed by atoms with Crippen molar-refractivity contribution < 1.29 is 9.53 Å². The quantitative estimate of drug-likeness (QED) is 0.856. The molecule has 0 aliphatic carbocycles. The number of hydrogen-bond acceptors (Lipinski definition) is 3. The number of ether oxygens (including phenoxy) is 1. The average Bonchev–Trinajstić information content (AvgIpc) is 3.15. The maximum absolute atomic E-state index is 12.5. The summed E-state index contributed by atoms with van der Waals surface area (Å²) in [6.07, 6.45) is 1.14. The van der Waals surface area contributed by atoms with Crippen molar-refractivity contribution in [3.63, 3.8) is 0 Å². The van der Waals surface area contributed by atoms with Crippen LogP contribution in [0.15, 0.2) is 18.2 Å². The smallest absolute Gasteiger partial charge is 0.251 e. The Morgan fingerprint density at radius 2 is 2.25 bits per heavy atom. The molecule has 0 spiro atoms. The number of nitrogens with zero attached hydrogens (tertiary/aromatic N) is 1. The van der Waals surface area contributed by atoms with E-state index in [1.165, 1.54) is 5.56 Å². The van der Waals surface area contributed by atoms with Crippen LogP contribution in [0.3, 0.4) is 0 Å². The van der Waals surface area contributed by atoms with Gasteiger partial charge in [-0.3, -0.25) is 4.79 Å². The number of aromatic nitrogens is 1. The molecule has 5 heteroatoms. The Labute approximate surface area is 143 Å². The van der Waals surface area contributed by atoms with Gasteiger partial charge < -0.3 is 19.9 Å². The van der Waals surface area contributed by atoms with Gasteiger partial charge in [-0.2, -0.15) is 0 Å². The molecule has 1 aromatic carbocycles. The number of benzene rings is 1. The third kappa shape index (κ3) is 3.62. The Balaban J connectivity index is 1.57. The van der Waals surface area contributed by atoms with Gasteiger partial charge in [-0.25, -0.2) is 0 Å². The van der Waals surface area contributed by atoms with Gasteiger partial charge in [-0.05, 0) is 56.5 Å². The molecule has 0 unspecified atom stereocenters. The second kappa shape index (κ2) is 7.36. The first-order chi connectivity index (χ1) is 11.6. The lowest BCUT2D eigenvalue weighted by Crippen LogP contribution is -2.31. The zero-order chi connectivity index (χ0) is 17.1. The Hall–Kier alpha value is -1.85. The highest BCUT2D eigenvalue weighted by atomic mass is 16.5. The third-order valence-electron chi connectivity index (χ3n) is 5.10. The average molecular weight is 329 g/mol. The Morgan fingerprint density at radius 1 is 1.42 bits per heavy atom. The minimum absolute atomic E-state index is 0.0190. The van der Waals surface area contributed by atoms with Crippen LogP contribution in [0.2, 0.25) is 0 Å². The second-order valence-corrected chi connectivity index (χ2v) is 6.79. The number of carbonyl (C=O) groups excluding carboxylic acids is 1. The van der Waals surface area contributed by atoms with Gasteiger partial charge in [0.1, 0.15) is 0 Å². The van der Waals surface area contributed by atoms with Crippen LogP contribution in [0.4, 0.5) is 0 Å². The summed E-state index contributed by atoms with van der Waals surface area (Å²) in [5, 5.41) is 4.23. The molecule has 3 rings (SSSR count). The minimum atomic E-state index is 0.0190. The summed E-state index contributed by atoms with van der Waals surface area (Å²) < 4.78 is 5.13. The van der Waals surface area contributed by atoms with Crippen molar-refractivity contribution in [3.05, 3.63) is 35.0 Å². The van der Waals surface area contributed by atoms with E-state index in [-0.39, 0.29) is 5.91 Å². The maximum atomic E-state index is 12.5. The normalized spacial score (nSPS) is 18.4. The van der Waals surface area contributed by atoms with Crippen molar-refractivity contribution in [2.24, 2.45) is 5.92 Å². The maximum Gasteiger partial charge on any atom is 0.251 e. The molecule has 5 nitrogen and oxygen atoms in total.